The van der Waals surface area contributed by atoms with Crippen molar-refractivity contribution >= 4 is 10.0 Å². The van der Waals surface area contributed by atoms with E-state index in [1.54, 1.807) is 11.4 Å². The predicted molar refractivity (Wildman–Crippen MR) is 103 cm³/mol. The van der Waals surface area contributed by atoms with Crippen LogP contribution in [0.5, 0.6) is 5.75 Å². The molecule has 146 valence electrons. The monoisotopic (exact) mass is 381 g/mol. The van der Waals surface area contributed by atoms with Gasteiger partial charge >= 0.3 is 0 Å². The van der Waals surface area contributed by atoms with Gasteiger partial charge in [0.1, 0.15) is 5.75 Å². The molecule has 3 rings (SSSR count). The van der Waals surface area contributed by atoms with Crippen molar-refractivity contribution in [2.75, 3.05) is 32.6 Å². The fraction of sp³-hybridized carbons (Fsp3) is 0.700. The van der Waals surface area contributed by atoms with Gasteiger partial charge in [0.25, 0.3) is 0 Å². The number of hydrogen-bond acceptors (Lipinski definition) is 4. The maximum Gasteiger partial charge on any atom is 0.214 e. The van der Waals surface area contributed by atoms with E-state index in [-0.39, 0.29) is 17.6 Å². The highest BCUT2D eigenvalue weighted by Crippen LogP contribution is 2.30. The molecule has 0 bridgehead atoms. The number of nitrogens with zero attached hydrogens (tertiary/aromatic N) is 1. The number of rotatable bonds is 8. The Labute approximate surface area is 157 Å². The van der Waals surface area contributed by atoms with Gasteiger partial charge in [-0.3, -0.25) is 0 Å². The second kappa shape index (κ2) is 8.72. The Hall–Kier alpha value is -1.11. The van der Waals surface area contributed by atoms with Crippen LogP contribution in [0.2, 0.25) is 0 Å². The van der Waals surface area contributed by atoms with Crippen LogP contribution >= 0.6 is 0 Å². The van der Waals surface area contributed by atoms with Crippen LogP contribution in [0.4, 0.5) is 0 Å². The second-order valence-corrected chi connectivity index (χ2v) is 9.75. The summed E-state index contributed by atoms with van der Waals surface area (Å²) in [6, 6.07) is 7.96. The molecule has 0 aromatic heterocycles. The maximum atomic E-state index is 12.8. The summed E-state index contributed by atoms with van der Waals surface area (Å²) in [7, 11) is -1.58. The van der Waals surface area contributed by atoms with E-state index in [0.29, 0.717) is 25.8 Å². The smallest absolute Gasteiger partial charge is 0.214 e. The van der Waals surface area contributed by atoms with Crippen molar-refractivity contribution in [3.63, 3.8) is 0 Å². The van der Waals surface area contributed by atoms with Crippen molar-refractivity contribution in [3.8, 4) is 5.75 Å². The zero-order chi connectivity index (χ0) is 18.6. The summed E-state index contributed by atoms with van der Waals surface area (Å²) in [6.45, 7) is 3.70. The molecule has 2 fully saturated rings. The molecule has 1 aromatic carbocycles. The molecule has 26 heavy (non-hydrogen) atoms. The van der Waals surface area contributed by atoms with Gasteiger partial charge in [0.15, 0.2) is 0 Å². The lowest BCUT2D eigenvalue weighted by molar-refractivity contribution is 0.0411. The first-order valence-corrected chi connectivity index (χ1v) is 11.3. The lowest BCUT2D eigenvalue weighted by Crippen LogP contribution is -2.34. The van der Waals surface area contributed by atoms with E-state index in [2.05, 4.69) is 0 Å². The maximum absolute atomic E-state index is 12.8. The molecule has 1 aliphatic heterocycles. The van der Waals surface area contributed by atoms with Gasteiger partial charge in [0, 0.05) is 13.1 Å². The van der Waals surface area contributed by atoms with Crippen LogP contribution in [0.15, 0.2) is 24.3 Å². The molecule has 0 spiro atoms. The summed E-state index contributed by atoms with van der Waals surface area (Å²) in [4.78, 5) is 0. The topological polar surface area (TPSA) is 55.8 Å². The molecule has 1 aliphatic carbocycles. The van der Waals surface area contributed by atoms with Crippen molar-refractivity contribution in [1.82, 2.24) is 4.31 Å². The van der Waals surface area contributed by atoms with Gasteiger partial charge in [-0.15, -0.1) is 0 Å². The zero-order valence-electron chi connectivity index (χ0n) is 15.9. The molecule has 6 heteroatoms. The van der Waals surface area contributed by atoms with Crippen molar-refractivity contribution in [3.05, 3.63) is 29.8 Å². The molecule has 5 nitrogen and oxygen atoms in total. The Balaban J connectivity index is 1.50. The molecule has 1 heterocycles. The fourth-order valence-corrected chi connectivity index (χ4v) is 5.81. The van der Waals surface area contributed by atoms with Crippen LogP contribution in [0, 0.1) is 5.92 Å². The van der Waals surface area contributed by atoms with Crippen LogP contribution in [0.1, 0.15) is 50.5 Å². The molecule has 2 atom stereocenters. The standard InChI is InChI=1S/C20H31NO4S/c1-16(14-25-20-5-3-4-6-20)15-26(22,23)21-12-11-18(13-21)17-7-9-19(24-2)10-8-17/h7-10,16,18,20H,3-6,11-15H2,1-2H3/t16-,18+/m0/s1. The highest BCUT2D eigenvalue weighted by Gasteiger charge is 2.33. The third-order valence-corrected chi connectivity index (χ3v) is 7.65. The van der Waals surface area contributed by atoms with Crippen molar-refractivity contribution in [1.29, 1.82) is 0 Å². The summed E-state index contributed by atoms with van der Waals surface area (Å²) in [5.74, 6) is 1.29. The third-order valence-electron chi connectivity index (χ3n) is 5.55. The Morgan fingerprint density at radius 3 is 2.50 bits per heavy atom. The number of hydrogen-bond donors (Lipinski definition) is 0. The minimum atomic E-state index is -3.23. The van der Waals surface area contributed by atoms with Gasteiger partial charge in [0.05, 0.1) is 25.6 Å². The third kappa shape index (κ3) is 4.99. The molecule has 1 aromatic rings. The van der Waals surface area contributed by atoms with Gasteiger partial charge in [-0.05, 0) is 48.8 Å². The van der Waals surface area contributed by atoms with Gasteiger partial charge in [-0.25, -0.2) is 12.7 Å². The fourth-order valence-electron chi connectivity index (χ4n) is 4.00. The first-order valence-electron chi connectivity index (χ1n) is 9.71. The van der Waals surface area contributed by atoms with E-state index < -0.39 is 10.0 Å². The van der Waals surface area contributed by atoms with Gasteiger partial charge < -0.3 is 9.47 Å². The van der Waals surface area contributed by atoms with Crippen molar-refractivity contribution < 1.29 is 17.9 Å². The predicted octanol–water partition coefficient (Wildman–Crippen LogP) is 3.41. The average molecular weight is 382 g/mol. The van der Waals surface area contributed by atoms with E-state index in [4.69, 9.17) is 9.47 Å². The Kier molecular flexibility index (Phi) is 6.59. The van der Waals surface area contributed by atoms with Crippen LogP contribution in [0.25, 0.3) is 0 Å². The minimum Gasteiger partial charge on any atom is -0.497 e. The van der Waals surface area contributed by atoms with E-state index in [0.717, 1.165) is 25.0 Å². The Bertz CT molecular complexity index is 668. The van der Waals surface area contributed by atoms with E-state index >= 15 is 0 Å². The number of sulfonamides is 1. The number of benzene rings is 1. The van der Waals surface area contributed by atoms with Crippen molar-refractivity contribution in [2.45, 2.75) is 51.0 Å². The summed E-state index contributed by atoms with van der Waals surface area (Å²) in [5, 5.41) is 0. The summed E-state index contributed by atoms with van der Waals surface area (Å²) in [6.07, 6.45) is 5.92. The number of methoxy groups -OCH3 is 1. The number of ether oxygens (including phenoxy) is 2. The van der Waals surface area contributed by atoms with E-state index in [9.17, 15) is 8.42 Å². The summed E-state index contributed by atoms with van der Waals surface area (Å²) in [5.41, 5.74) is 1.18. The van der Waals surface area contributed by atoms with Crippen LogP contribution in [0.3, 0.4) is 0 Å². The molecular weight excluding hydrogens is 350 g/mol. The Morgan fingerprint density at radius 2 is 1.85 bits per heavy atom. The molecule has 0 unspecified atom stereocenters. The first-order chi connectivity index (χ1) is 12.5. The molecule has 0 N–H and O–H groups in total. The first kappa shape index (κ1) is 19.6. The molecule has 2 aliphatic rings. The van der Waals surface area contributed by atoms with Gasteiger partial charge in [0.2, 0.25) is 10.0 Å². The highest BCUT2D eigenvalue weighted by atomic mass is 32.2. The zero-order valence-corrected chi connectivity index (χ0v) is 16.7. The minimum absolute atomic E-state index is 0.0284. The Morgan fingerprint density at radius 1 is 1.15 bits per heavy atom. The van der Waals surface area contributed by atoms with Crippen LogP contribution in [-0.2, 0) is 14.8 Å². The highest BCUT2D eigenvalue weighted by molar-refractivity contribution is 7.89. The normalized spacial score (nSPS) is 23.4. The summed E-state index contributed by atoms with van der Waals surface area (Å²) < 4.78 is 38.3. The lowest BCUT2D eigenvalue weighted by atomic mass is 9.99. The molecule has 1 saturated heterocycles. The largest absolute Gasteiger partial charge is 0.497 e. The van der Waals surface area contributed by atoms with Crippen LogP contribution < -0.4 is 4.74 Å². The molecule has 0 amide bonds. The van der Waals surface area contributed by atoms with Crippen molar-refractivity contribution in [2.24, 2.45) is 5.92 Å². The van der Waals surface area contributed by atoms with Gasteiger partial charge in [-0.2, -0.15) is 0 Å². The van der Waals surface area contributed by atoms with E-state index in [1.165, 1.54) is 18.4 Å². The van der Waals surface area contributed by atoms with Gasteiger partial charge in [-0.1, -0.05) is 31.9 Å². The molecule has 1 saturated carbocycles. The quantitative estimate of drug-likeness (QED) is 0.692. The second-order valence-electron chi connectivity index (χ2n) is 7.74. The van der Waals surface area contributed by atoms with E-state index in [1.807, 2.05) is 31.2 Å². The molecule has 0 radical (unpaired) electrons. The summed E-state index contributed by atoms with van der Waals surface area (Å²) >= 11 is 0. The lowest BCUT2D eigenvalue weighted by Gasteiger charge is -2.21. The average Bonchev–Trinajstić information content (AvgIpc) is 3.32. The van der Waals surface area contributed by atoms with Crippen LogP contribution in [-0.4, -0.2) is 51.4 Å². The SMILES string of the molecule is COc1ccc([C@@H]2CCN(S(=O)(=O)C[C@@H](C)COC3CCCC3)C2)cc1. The molecular formula is C20H31NO4S.